The van der Waals surface area contributed by atoms with Gasteiger partial charge in [0.1, 0.15) is 0 Å². The number of ketones is 2. The van der Waals surface area contributed by atoms with Crippen molar-refractivity contribution in [3.63, 3.8) is 0 Å². The van der Waals surface area contributed by atoms with Crippen molar-refractivity contribution in [3.8, 4) is 23.0 Å². The Bertz CT molecular complexity index is 1880. The molecule has 4 bridgehead atoms. The molecule has 0 N–H and O–H groups in total. The second kappa shape index (κ2) is 14.1. The summed E-state index contributed by atoms with van der Waals surface area (Å²) in [4.78, 5) is 58.6. The van der Waals surface area contributed by atoms with Crippen LogP contribution in [-0.2, 0) is 52.3 Å². The van der Waals surface area contributed by atoms with Gasteiger partial charge in [0.15, 0.2) is 46.1 Å². The van der Waals surface area contributed by atoms with Crippen LogP contribution in [0.15, 0.2) is 47.9 Å². The lowest BCUT2D eigenvalue weighted by Gasteiger charge is -2.56. The van der Waals surface area contributed by atoms with Crippen LogP contribution in [0.4, 0.5) is 0 Å². The highest BCUT2D eigenvalue weighted by atomic mass is 16.6. The Balaban J connectivity index is 1.02. The number of Topliss-reactive ketones (excluding diaryl/α,β-unsaturated/α-hetero) is 2. The van der Waals surface area contributed by atoms with Crippen molar-refractivity contribution in [3.05, 3.63) is 70.2 Å². The number of hydrogen-bond donors (Lipinski definition) is 0. The monoisotopic (exact) mass is 754 g/mol. The van der Waals surface area contributed by atoms with Crippen LogP contribution in [-0.4, -0.2) is 101 Å². The van der Waals surface area contributed by atoms with E-state index in [1.165, 1.54) is 14.2 Å². The molecule has 2 aliphatic heterocycles. The Morgan fingerprint density at radius 1 is 0.655 bits per heavy atom. The molecule has 0 amide bonds. The van der Waals surface area contributed by atoms with Gasteiger partial charge in [-0.1, -0.05) is 12.1 Å². The van der Waals surface area contributed by atoms with E-state index < -0.39 is 22.8 Å². The van der Waals surface area contributed by atoms with Gasteiger partial charge in [0.05, 0.1) is 28.4 Å². The Kier molecular flexibility index (Phi) is 9.56. The first-order valence-electron chi connectivity index (χ1n) is 19.3. The lowest BCUT2D eigenvalue weighted by molar-refractivity contribution is -0.136. The molecule has 2 aromatic rings. The molecule has 0 spiro atoms. The lowest BCUT2D eigenvalue weighted by Crippen LogP contribution is -2.60. The van der Waals surface area contributed by atoms with Gasteiger partial charge >= 0.3 is 11.9 Å². The number of likely N-dealkylation sites (N-methyl/N-ethyl adjacent to an activating group) is 2. The summed E-state index contributed by atoms with van der Waals surface area (Å²) in [6.45, 7) is 1.60. The van der Waals surface area contributed by atoms with Crippen LogP contribution in [0, 0.1) is 11.8 Å². The van der Waals surface area contributed by atoms with Crippen molar-refractivity contribution < 1.29 is 47.6 Å². The van der Waals surface area contributed by atoms with E-state index in [0.717, 1.165) is 48.2 Å². The minimum atomic E-state index is -0.568. The number of carbonyl (C=O) groups excluding carboxylic acids is 4. The number of ether oxygens (including phenoxy) is 6. The third-order valence-electron chi connectivity index (χ3n) is 13.6. The largest absolute Gasteiger partial charge is 0.493 e. The molecule has 12 heteroatoms. The molecule has 2 aromatic carbocycles. The second-order valence-corrected chi connectivity index (χ2v) is 16.1. The van der Waals surface area contributed by atoms with Gasteiger partial charge in [0.25, 0.3) is 0 Å². The first-order chi connectivity index (χ1) is 26.5. The highest BCUT2D eigenvalue weighted by Crippen LogP contribution is 2.59. The number of nitrogens with zero attached hydrogens (tertiary/aromatic N) is 2. The minimum absolute atomic E-state index is 0.00791. The van der Waals surface area contributed by atoms with Gasteiger partial charge in [0, 0.05) is 71.6 Å². The van der Waals surface area contributed by atoms with Gasteiger partial charge in [-0.15, -0.1) is 0 Å². The third kappa shape index (κ3) is 5.86. The number of benzene rings is 2. The average Bonchev–Trinajstić information content (AvgIpc) is 3.16. The van der Waals surface area contributed by atoms with Crippen LogP contribution in [0.3, 0.4) is 0 Å². The van der Waals surface area contributed by atoms with Gasteiger partial charge in [-0.2, -0.15) is 0 Å². The van der Waals surface area contributed by atoms with Crippen LogP contribution >= 0.6 is 0 Å². The molecule has 0 saturated carbocycles. The number of piperidine rings is 2. The van der Waals surface area contributed by atoms with Crippen LogP contribution in [0.5, 0.6) is 23.0 Å². The van der Waals surface area contributed by atoms with E-state index in [4.69, 9.17) is 28.4 Å². The molecule has 8 rings (SSSR count). The Morgan fingerprint density at radius 2 is 1.07 bits per heavy atom. The summed E-state index contributed by atoms with van der Waals surface area (Å²) in [5, 5.41) is 0. The van der Waals surface area contributed by atoms with Crippen LogP contribution < -0.4 is 18.9 Å². The molecule has 6 atom stereocenters. The van der Waals surface area contributed by atoms with Crippen LogP contribution in [0.1, 0.15) is 67.2 Å². The van der Waals surface area contributed by atoms with E-state index in [2.05, 4.69) is 23.9 Å². The molecule has 4 aliphatic carbocycles. The maximum absolute atomic E-state index is 13.6. The van der Waals surface area contributed by atoms with E-state index >= 15 is 0 Å². The number of allylic oxidation sites excluding steroid dienone is 2. The first kappa shape index (κ1) is 37.3. The number of fused-ring (bicyclic) bond motifs is 2. The molecule has 0 unspecified atom stereocenters. The van der Waals surface area contributed by atoms with Crippen LogP contribution in [0.2, 0.25) is 0 Å². The highest BCUT2D eigenvalue weighted by Gasteiger charge is 2.58. The van der Waals surface area contributed by atoms with Crippen molar-refractivity contribution in [2.45, 2.75) is 80.7 Å². The number of rotatable bonds is 10. The Morgan fingerprint density at radius 3 is 1.45 bits per heavy atom. The maximum atomic E-state index is 13.6. The Hall–Kier alpha value is -4.68. The average molecular weight is 755 g/mol. The summed E-state index contributed by atoms with van der Waals surface area (Å²) in [5.74, 6) is 1.14. The molecule has 55 heavy (non-hydrogen) atoms. The van der Waals surface area contributed by atoms with Gasteiger partial charge in [0.2, 0.25) is 0 Å². The molecule has 6 aliphatic rings. The van der Waals surface area contributed by atoms with Crippen LogP contribution in [0.25, 0.3) is 0 Å². The predicted molar refractivity (Wildman–Crippen MR) is 200 cm³/mol. The highest BCUT2D eigenvalue weighted by molar-refractivity contribution is 5.97. The number of methoxy groups -OCH3 is 4. The fourth-order valence-electron chi connectivity index (χ4n) is 10.9. The molecular formula is C43H50N2O10. The molecule has 12 nitrogen and oxygen atoms in total. The summed E-state index contributed by atoms with van der Waals surface area (Å²) >= 11 is 0. The maximum Gasteiger partial charge on any atom is 0.311 e. The summed E-state index contributed by atoms with van der Waals surface area (Å²) in [6, 6.07) is 8.02. The minimum Gasteiger partial charge on any atom is -0.493 e. The summed E-state index contributed by atoms with van der Waals surface area (Å²) in [7, 11) is 10.4. The van der Waals surface area contributed by atoms with Crippen molar-refractivity contribution in [1.82, 2.24) is 9.80 Å². The van der Waals surface area contributed by atoms with Crippen molar-refractivity contribution in [1.29, 1.82) is 0 Å². The molecule has 2 heterocycles. The zero-order valence-electron chi connectivity index (χ0n) is 32.5. The lowest BCUT2D eigenvalue weighted by atomic mass is 9.53. The molecular weight excluding hydrogens is 704 g/mol. The van der Waals surface area contributed by atoms with Gasteiger partial charge in [-0.05, 0) is 94.7 Å². The molecule has 2 saturated heterocycles. The zero-order valence-corrected chi connectivity index (χ0v) is 32.5. The fourth-order valence-corrected chi connectivity index (χ4v) is 10.9. The van der Waals surface area contributed by atoms with Gasteiger partial charge in [-0.25, -0.2) is 0 Å². The number of esters is 2. The van der Waals surface area contributed by atoms with Crippen molar-refractivity contribution >= 4 is 23.5 Å². The molecule has 0 radical (unpaired) electrons. The SMILES string of the molecule is COC1=C[C@@H]2[C@@H]3Cc4ccc(OC)c(OC(=O)CCCC(=O)Oc5c(OC)ccc6c5[C@@]57CCN(C)[C@@H](C6)[C@H]5C=C(OC)C(=O)C7)c4[C@]2(CCN3C)CC1=O. The van der Waals surface area contributed by atoms with E-state index in [1.807, 2.05) is 36.4 Å². The Labute approximate surface area is 321 Å². The van der Waals surface area contributed by atoms with Gasteiger partial charge < -0.3 is 38.2 Å². The third-order valence-corrected chi connectivity index (χ3v) is 13.6. The van der Waals surface area contributed by atoms with E-state index in [-0.39, 0.29) is 67.6 Å². The van der Waals surface area contributed by atoms with Crippen molar-refractivity contribution in [2.24, 2.45) is 11.8 Å². The first-order valence-corrected chi connectivity index (χ1v) is 19.3. The van der Waals surface area contributed by atoms with E-state index in [0.29, 0.717) is 47.4 Å². The number of carbonyl (C=O) groups is 4. The molecule has 292 valence electrons. The smallest absolute Gasteiger partial charge is 0.311 e. The fraction of sp³-hybridized carbons (Fsp3) is 0.535. The second-order valence-electron chi connectivity index (χ2n) is 16.1. The summed E-state index contributed by atoms with van der Waals surface area (Å²) < 4.78 is 34.8. The van der Waals surface area contributed by atoms with Crippen molar-refractivity contribution in [2.75, 3.05) is 55.6 Å². The number of hydrogen-bond acceptors (Lipinski definition) is 12. The number of likely N-dealkylation sites (tertiary alicyclic amines) is 2. The summed E-state index contributed by atoms with van der Waals surface area (Å²) in [5.41, 5.74) is 2.65. The van der Waals surface area contributed by atoms with E-state index in [9.17, 15) is 19.2 Å². The zero-order chi connectivity index (χ0) is 38.8. The van der Waals surface area contributed by atoms with E-state index in [1.54, 1.807) is 14.2 Å². The topological polar surface area (TPSA) is 130 Å². The normalized spacial score (nSPS) is 29.3. The molecule has 2 fully saturated rings. The predicted octanol–water partition coefficient (Wildman–Crippen LogP) is 4.62. The quantitative estimate of drug-likeness (QED) is 0.248. The molecule has 0 aromatic heterocycles. The van der Waals surface area contributed by atoms with Gasteiger partial charge in [-0.3, -0.25) is 19.2 Å². The standard InChI is InChI=1S/C43H50N2O10/c1-44-16-14-42-22-30(46)34(52-5)20-26(42)28(44)18-24-10-12-32(50-3)40(38(24)42)54-36(48)8-7-9-37(49)55-41-33(51-4)13-11-25-19-29-27-21-35(53-6)31(47)23-43(27,39(25)41)15-17-45(29)2/h10-13,20-21,26-29H,7-9,14-19,22-23H2,1-6H3/t26-,27-,28+,29+,42-,43-/m1/s1. The summed E-state index contributed by atoms with van der Waals surface area (Å²) in [6.07, 6.45) is 7.42.